The van der Waals surface area contributed by atoms with Gasteiger partial charge in [0.15, 0.2) is 5.88 Å². The molecule has 0 radical (unpaired) electrons. The van der Waals surface area contributed by atoms with Crippen molar-refractivity contribution < 1.29 is 28.3 Å². The highest BCUT2D eigenvalue weighted by Gasteiger charge is 2.41. The number of imide groups is 1. The summed E-state index contributed by atoms with van der Waals surface area (Å²) < 4.78 is 15.6. The molecule has 0 aliphatic carbocycles. The van der Waals surface area contributed by atoms with Crippen LogP contribution < -0.4 is 4.90 Å². The molecule has 9 heteroatoms. The van der Waals surface area contributed by atoms with Crippen LogP contribution in [0.4, 0.5) is 10.7 Å². The Labute approximate surface area is 148 Å². The smallest absolute Gasteiger partial charge is 0.328 e. The van der Waals surface area contributed by atoms with Crippen LogP contribution in [0.5, 0.6) is 0 Å². The fourth-order valence-corrected chi connectivity index (χ4v) is 3.48. The molecule has 2 amide bonds. The van der Waals surface area contributed by atoms with Crippen molar-refractivity contribution >= 4 is 40.8 Å². The van der Waals surface area contributed by atoms with Gasteiger partial charge in [0.25, 0.3) is 11.1 Å². The first kappa shape index (κ1) is 17.6. The van der Waals surface area contributed by atoms with Gasteiger partial charge < -0.3 is 18.8 Å². The molecule has 2 fully saturated rings. The number of hydrogen-bond donors (Lipinski definition) is 0. The zero-order chi connectivity index (χ0) is 18.0. The van der Waals surface area contributed by atoms with Gasteiger partial charge in [0.05, 0.1) is 25.2 Å². The van der Waals surface area contributed by atoms with Crippen LogP contribution in [0.2, 0.25) is 0 Å². The van der Waals surface area contributed by atoms with E-state index >= 15 is 0 Å². The fraction of sp³-hybridized carbons (Fsp3) is 0.438. The Morgan fingerprint density at radius 3 is 2.72 bits per heavy atom. The third kappa shape index (κ3) is 3.57. The van der Waals surface area contributed by atoms with Crippen LogP contribution >= 0.6 is 11.8 Å². The van der Waals surface area contributed by atoms with E-state index in [0.717, 1.165) is 29.8 Å². The summed E-state index contributed by atoms with van der Waals surface area (Å²) in [5.74, 6) is -0.0113. The van der Waals surface area contributed by atoms with Crippen molar-refractivity contribution in [2.75, 3.05) is 38.3 Å². The lowest BCUT2D eigenvalue weighted by Gasteiger charge is -2.26. The van der Waals surface area contributed by atoms with Gasteiger partial charge in [0.1, 0.15) is 11.8 Å². The third-order valence-corrected chi connectivity index (χ3v) is 4.85. The number of methoxy groups -OCH3 is 1. The number of anilines is 1. The van der Waals surface area contributed by atoms with E-state index in [2.05, 4.69) is 4.74 Å². The highest BCUT2D eigenvalue weighted by atomic mass is 32.2. The molecule has 1 atom stereocenters. The lowest BCUT2D eigenvalue weighted by molar-refractivity contribution is -0.148. The Hall–Kier alpha value is -2.26. The minimum Gasteiger partial charge on any atom is -0.467 e. The molecule has 0 spiro atoms. The van der Waals surface area contributed by atoms with E-state index in [1.54, 1.807) is 6.07 Å². The van der Waals surface area contributed by atoms with Crippen LogP contribution in [0.3, 0.4) is 0 Å². The van der Waals surface area contributed by atoms with Crippen molar-refractivity contribution in [2.24, 2.45) is 0 Å². The molecule has 25 heavy (non-hydrogen) atoms. The maximum Gasteiger partial charge on any atom is 0.328 e. The maximum atomic E-state index is 12.4. The minimum atomic E-state index is -0.969. The Balaban J connectivity index is 1.76. The predicted octanol–water partition coefficient (Wildman–Crippen LogP) is 1.71. The summed E-state index contributed by atoms with van der Waals surface area (Å²) in [5.41, 5.74) is 0. The predicted molar refractivity (Wildman–Crippen MR) is 91.0 cm³/mol. The van der Waals surface area contributed by atoms with Crippen molar-refractivity contribution in [2.45, 2.75) is 13.0 Å². The van der Waals surface area contributed by atoms with Gasteiger partial charge in [0.2, 0.25) is 0 Å². The van der Waals surface area contributed by atoms with Gasteiger partial charge in [-0.2, -0.15) is 0 Å². The Morgan fingerprint density at radius 1 is 1.32 bits per heavy atom. The summed E-state index contributed by atoms with van der Waals surface area (Å²) in [5, 5.41) is -0.505. The number of rotatable bonds is 4. The maximum absolute atomic E-state index is 12.4. The average Bonchev–Trinajstić information content (AvgIpc) is 3.19. The Morgan fingerprint density at radius 2 is 2.04 bits per heavy atom. The zero-order valence-electron chi connectivity index (χ0n) is 13.9. The number of ether oxygens (including phenoxy) is 2. The topological polar surface area (TPSA) is 89.3 Å². The summed E-state index contributed by atoms with van der Waals surface area (Å²) in [6.07, 6.45) is 1.51. The average molecular weight is 366 g/mol. The SMILES string of the molecule is COC(=O)C(C)N1C(=O)S/C(=C/c2ccc(N3CCOCC3)o2)C1=O. The van der Waals surface area contributed by atoms with Crippen LogP contribution in [0, 0.1) is 0 Å². The van der Waals surface area contributed by atoms with Gasteiger partial charge in [-0.3, -0.25) is 14.5 Å². The number of nitrogens with zero attached hydrogens (tertiary/aromatic N) is 2. The molecule has 8 nitrogen and oxygen atoms in total. The summed E-state index contributed by atoms with van der Waals surface area (Å²) in [7, 11) is 1.21. The molecule has 1 aromatic rings. The van der Waals surface area contributed by atoms with Crippen LogP contribution in [-0.2, 0) is 19.1 Å². The van der Waals surface area contributed by atoms with Crippen LogP contribution in [0.15, 0.2) is 21.5 Å². The number of furan rings is 1. The lowest BCUT2D eigenvalue weighted by Crippen LogP contribution is -2.42. The molecule has 0 bridgehead atoms. The third-order valence-electron chi connectivity index (χ3n) is 3.96. The van der Waals surface area contributed by atoms with Crippen molar-refractivity contribution in [3.05, 3.63) is 22.8 Å². The van der Waals surface area contributed by atoms with Gasteiger partial charge in [-0.15, -0.1) is 0 Å². The first-order valence-corrected chi connectivity index (χ1v) is 8.60. The quantitative estimate of drug-likeness (QED) is 0.588. The standard InChI is InChI=1S/C16H18N2O6S/c1-10(15(20)22-2)18-14(19)12(25-16(18)21)9-11-3-4-13(24-11)17-5-7-23-8-6-17/h3-4,9-10H,5-8H2,1-2H3/b12-9+. The zero-order valence-corrected chi connectivity index (χ0v) is 14.7. The molecule has 3 heterocycles. The second-order valence-corrected chi connectivity index (χ2v) is 6.52. The number of carbonyl (C=O) groups is 3. The highest BCUT2D eigenvalue weighted by molar-refractivity contribution is 8.18. The van der Waals surface area contributed by atoms with Crippen LogP contribution in [0.1, 0.15) is 12.7 Å². The molecule has 0 aromatic carbocycles. The fourth-order valence-electron chi connectivity index (χ4n) is 2.59. The van der Waals surface area contributed by atoms with Gasteiger partial charge in [-0.25, -0.2) is 4.79 Å². The molecule has 2 aliphatic rings. The van der Waals surface area contributed by atoms with Crippen LogP contribution in [0.25, 0.3) is 6.08 Å². The Kier molecular flexibility index (Phi) is 5.14. The van der Waals surface area contributed by atoms with Crippen molar-refractivity contribution in [3.8, 4) is 0 Å². The van der Waals surface area contributed by atoms with E-state index in [1.165, 1.54) is 20.1 Å². The van der Waals surface area contributed by atoms with Crippen molar-refractivity contribution in [1.29, 1.82) is 0 Å². The number of esters is 1. The first-order valence-electron chi connectivity index (χ1n) is 7.78. The summed E-state index contributed by atoms with van der Waals surface area (Å²) in [6, 6.07) is 2.59. The molecule has 134 valence electrons. The monoisotopic (exact) mass is 366 g/mol. The number of thioether (sulfide) groups is 1. The van der Waals surface area contributed by atoms with Crippen LogP contribution in [-0.4, -0.2) is 61.5 Å². The van der Waals surface area contributed by atoms with Crippen molar-refractivity contribution in [3.63, 3.8) is 0 Å². The largest absolute Gasteiger partial charge is 0.467 e. The van der Waals surface area contributed by atoms with Gasteiger partial charge in [-0.05, 0) is 24.8 Å². The number of amides is 2. The molecule has 0 saturated carbocycles. The normalized spacial score (nSPS) is 21.1. The van der Waals surface area contributed by atoms with Gasteiger partial charge >= 0.3 is 5.97 Å². The van der Waals surface area contributed by atoms with Gasteiger partial charge in [0, 0.05) is 25.2 Å². The molecule has 1 aromatic heterocycles. The first-order chi connectivity index (χ1) is 12.0. The van der Waals surface area contributed by atoms with Gasteiger partial charge in [-0.1, -0.05) is 0 Å². The molecule has 3 rings (SSSR count). The molecule has 2 aliphatic heterocycles. The van der Waals surface area contributed by atoms with E-state index in [1.807, 2.05) is 11.0 Å². The minimum absolute atomic E-state index is 0.212. The van der Waals surface area contributed by atoms with E-state index in [0.29, 0.717) is 24.9 Å². The Bertz CT molecular complexity index is 722. The molecule has 0 N–H and O–H groups in total. The van der Waals surface area contributed by atoms with E-state index in [-0.39, 0.29) is 4.91 Å². The summed E-state index contributed by atoms with van der Waals surface area (Å²) >= 11 is 0.775. The van der Waals surface area contributed by atoms with E-state index in [9.17, 15) is 14.4 Å². The second-order valence-electron chi connectivity index (χ2n) is 5.53. The van der Waals surface area contributed by atoms with Crippen molar-refractivity contribution in [1.82, 2.24) is 4.90 Å². The summed E-state index contributed by atoms with van der Waals surface area (Å²) in [6.45, 7) is 4.20. The van der Waals surface area contributed by atoms with E-state index in [4.69, 9.17) is 9.15 Å². The molecular formula is C16H18N2O6S. The number of hydrogen-bond acceptors (Lipinski definition) is 8. The van der Waals surface area contributed by atoms with E-state index < -0.39 is 23.2 Å². The number of morpholine rings is 1. The second kappa shape index (κ2) is 7.32. The molecule has 2 saturated heterocycles. The lowest BCUT2D eigenvalue weighted by atomic mass is 10.3. The summed E-state index contributed by atoms with van der Waals surface area (Å²) in [4.78, 5) is 39.3. The highest BCUT2D eigenvalue weighted by Crippen LogP contribution is 2.34. The molecular weight excluding hydrogens is 348 g/mol. The molecule has 1 unspecified atom stereocenters. The number of carbonyl (C=O) groups excluding carboxylic acids is 3.